The van der Waals surface area contributed by atoms with Crippen molar-refractivity contribution in [1.29, 1.82) is 0 Å². The monoisotopic (exact) mass is 565 g/mol. The maximum Gasteiger partial charge on any atom is 0.524 e. The molecular formula is C19H17FeIN3O4P-6. The molecule has 0 aliphatic heterocycles. The van der Waals surface area contributed by atoms with Crippen LogP contribution in [0.25, 0.3) is 16.2 Å². The molecule has 1 unspecified atom stereocenters. The molecule has 0 saturated carbocycles. The number of azide groups is 1. The van der Waals surface area contributed by atoms with Crippen molar-refractivity contribution in [2.75, 3.05) is 0 Å². The Hall–Kier alpha value is -1.83. The molecule has 0 radical (unpaired) electrons. The Morgan fingerprint density at radius 1 is 1.10 bits per heavy atom. The maximum atomic E-state index is 11.3. The summed E-state index contributed by atoms with van der Waals surface area (Å²) >= 11 is 1.88. The summed E-state index contributed by atoms with van der Waals surface area (Å²) in [4.78, 5) is 21.2. The second-order valence-electron chi connectivity index (χ2n) is 5.41. The van der Waals surface area contributed by atoms with Gasteiger partial charge in [-0.15, -0.1) is 5.56 Å². The predicted octanol–water partition coefficient (Wildman–Crippen LogP) is 6.07. The Kier molecular flexibility index (Phi) is 11.0. The van der Waals surface area contributed by atoms with E-state index in [0.29, 0.717) is 14.7 Å². The zero-order chi connectivity index (χ0) is 20.4. The predicted molar refractivity (Wildman–Crippen MR) is 116 cm³/mol. The first-order chi connectivity index (χ1) is 13.4. The SMILES string of the molecule is [Fe].[N-]=[N+]=NC(C(I)=C(OP(=O)(O)O)c1ccccc1)[c-]1cccc1.[cH-]1[cH-][cH-][cH-][cH-]1. The molecule has 0 saturated heterocycles. The van der Waals surface area contributed by atoms with Crippen LogP contribution in [0.5, 0.6) is 0 Å². The van der Waals surface area contributed by atoms with Crippen molar-refractivity contribution in [2.45, 2.75) is 6.04 Å². The van der Waals surface area contributed by atoms with Crippen molar-refractivity contribution in [3.05, 3.63) is 110 Å². The molecule has 3 aromatic rings. The summed E-state index contributed by atoms with van der Waals surface area (Å²) in [5.41, 5.74) is 9.99. The Bertz CT molecular complexity index is 949. The van der Waals surface area contributed by atoms with Gasteiger partial charge in [0.2, 0.25) is 0 Å². The third-order valence-corrected chi connectivity index (χ3v) is 4.93. The third kappa shape index (κ3) is 8.60. The standard InChI is InChI=1S/C14H12IN3O4P.C5H5.Fe/c15-12(13(17-18-16)10-6-4-5-7-10)14(22-23(19,20)21)11-8-2-1-3-9-11;1-2-4-5-3-1;/h1-9,13H,(H2,19,20,21);1-5H;/q-1;-5;. The Morgan fingerprint density at radius 2 is 1.62 bits per heavy atom. The fourth-order valence-electron chi connectivity index (χ4n) is 2.27. The van der Waals surface area contributed by atoms with Crippen LogP contribution in [0.3, 0.4) is 0 Å². The Balaban J connectivity index is 0.000000610. The number of halogens is 1. The first-order valence-electron chi connectivity index (χ1n) is 8.05. The van der Waals surface area contributed by atoms with Gasteiger partial charge in [0.1, 0.15) is 5.76 Å². The minimum absolute atomic E-state index is 0. The van der Waals surface area contributed by atoms with E-state index in [1.165, 1.54) is 0 Å². The molecule has 0 fully saturated rings. The van der Waals surface area contributed by atoms with Gasteiger partial charge in [0.25, 0.3) is 0 Å². The number of rotatable bonds is 6. The minimum Gasteiger partial charge on any atom is -0.748 e. The number of hydrogen-bond donors (Lipinski definition) is 2. The maximum absolute atomic E-state index is 11.3. The van der Waals surface area contributed by atoms with Crippen molar-refractivity contribution in [3.8, 4) is 0 Å². The van der Waals surface area contributed by atoms with Gasteiger partial charge in [-0.05, 0) is 28.1 Å². The molecule has 0 aliphatic rings. The van der Waals surface area contributed by atoms with Crippen LogP contribution in [0.1, 0.15) is 17.2 Å². The van der Waals surface area contributed by atoms with E-state index in [1.807, 2.05) is 52.9 Å². The smallest absolute Gasteiger partial charge is 0.524 e. The number of phosphoric ester groups is 1. The van der Waals surface area contributed by atoms with Crippen molar-refractivity contribution < 1.29 is 35.9 Å². The van der Waals surface area contributed by atoms with E-state index < -0.39 is 13.9 Å². The van der Waals surface area contributed by atoms with Crippen LogP contribution >= 0.6 is 30.4 Å². The molecule has 0 spiro atoms. The topological polar surface area (TPSA) is 116 Å². The van der Waals surface area contributed by atoms with E-state index in [9.17, 15) is 14.4 Å². The molecular weight excluding hydrogens is 548 g/mol. The van der Waals surface area contributed by atoms with Gasteiger partial charge >= 0.3 is 7.82 Å². The van der Waals surface area contributed by atoms with E-state index in [4.69, 9.17) is 10.1 Å². The quantitative estimate of drug-likeness (QED) is 0.0552. The molecule has 3 rings (SSSR count). The molecule has 158 valence electrons. The first kappa shape index (κ1) is 25.2. The van der Waals surface area contributed by atoms with E-state index in [0.717, 1.165) is 0 Å². The number of nitrogens with zero attached hydrogens (tertiary/aromatic N) is 3. The summed E-state index contributed by atoms with van der Waals surface area (Å²) in [6.07, 6.45) is 0. The molecule has 1 atom stereocenters. The summed E-state index contributed by atoms with van der Waals surface area (Å²) in [5.74, 6) is -0.0156. The summed E-state index contributed by atoms with van der Waals surface area (Å²) in [5, 5.41) is 3.73. The van der Waals surface area contributed by atoms with Crippen LogP contribution < -0.4 is 0 Å². The van der Waals surface area contributed by atoms with Crippen LogP contribution in [0.2, 0.25) is 0 Å². The second kappa shape index (κ2) is 12.7. The van der Waals surface area contributed by atoms with E-state index >= 15 is 0 Å². The number of hydrogen-bond acceptors (Lipinski definition) is 3. The van der Waals surface area contributed by atoms with Gasteiger partial charge in [-0.3, -0.25) is 9.79 Å². The summed E-state index contributed by atoms with van der Waals surface area (Å²) < 4.78 is 16.6. The molecule has 0 aromatic heterocycles. The van der Waals surface area contributed by atoms with Gasteiger partial charge in [-0.2, -0.15) is 12.1 Å². The average molecular weight is 565 g/mol. The molecule has 0 bridgehead atoms. The fraction of sp³-hybridized carbons (Fsp3) is 0.0526. The van der Waals surface area contributed by atoms with Crippen LogP contribution in [0.15, 0.2) is 93.6 Å². The number of benzene rings is 1. The molecule has 7 nitrogen and oxygen atoms in total. The fourth-order valence-corrected chi connectivity index (χ4v) is 3.80. The molecule has 2 N–H and O–H groups in total. The molecule has 29 heavy (non-hydrogen) atoms. The first-order valence-corrected chi connectivity index (χ1v) is 10.7. The van der Waals surface area contributed by atoms with Crippen LogP contribution in [0.4, 0.5) is 0 Å². The van der Waals surface area contributed by atoms with Crippen molar-refractivity contribution in [1.82, 2.24) is 0 Å². The van der Waals surface area contributed by atoms with E-state index in [1.54, 1.807) is 54.6 Å². The third-order valence-electron chi connectivity index (χ3n) is 3.43. The Morgan fingerprint density at radius 3 is 2.07 bits per heavy atom. The van der Waals surface area contributed by atoms with Gasteiger partial charge in [0.15, 0.2) is 0 Å². The summed E-state index contributed by atoms with van der Waals surface area (Å²) in [7, 11) is -4.77. The summed E-state index contributed by atoms with van der Waals surface area (Å²) in [6, 6.07) is 24.9. The molecule has 10 heteroatoms. The van der Waals surface area contributed by atoms with Crippen molar-refractivity contribution >= 4 is 36.2 Å². The largest absolute Gasteiger partial charge is 0.748 e. The minimum atomic E-state index is -4.77. The average Bonchev–Trinajstić information content (AvgIpc) is 3.40. The van der Waals surface area contributed by atoms with Crippen LogP contribution in [0, 0.1) is 0 Å². The van der Waals surface area contributed by atoms with Crippen molar-refractivity contribution in [2.24, 2.45) is 5.11 Å². The van der Waals surface area contributed by atoms with E-state index in [2.05, 4.69) is 10.0 Å². The zero-order valence-corrected chi connectivity index (χ0v) is 19.0. The normalized spacial score (nSPS) is 12.2. The molecule has 0 amide bonds. The van der Waals surface area contributed by atoms with Crippen molar-refractivity contribution in [3.63, 3.8) is 0 Å². The van der Waals surface area contributed by atoms with Gasteiger partial charge < -0.3 is 34.9 Å². The Labute approximate surface area is 192 Å². The second-order valence-corrected chi connectivity index (χ2v) is 7.74. The van der Waals surface area contributed by atoms with Gasteiger partial charge in [0.05, 0.1) is 6.04 Å². The summed E-state index contributed by atoms with van der Waals surface area (Å²) in [6.45, 7) is 0. The molecule has 3 aromatic carbocycles. The van der Waals surface area contributed by atoms with Gasteiger partial charge in [-0.25, -0.2) is 16.7 Å². The van der Waals surface area contributed by atoms with E-state index in [-0.39, 0.29) is 22.8 Å². The molecule has 0 aliphatic carbocycles. The van der Waals surface area contributed by atoms with Crippen LogP contribution in [-0.2, 0) is 26.2 Å². The zero-order valence-electron chi connectivity index (χ0n) is 14.9. The van der Waals surface area contributed by atoms with Gasteiger partial charge in [0, 0.05) is 31.1 Å². The molecule has 0 heterocycles. The van der Waals surface area contributed by atoms with Crippen LogP contribution in [-0.4, -0.2) is 9.79 Å². The number of phosphoric acid groups is 1. The van der Waals surface area contributed by atoms with Gasteiger partial charge in [-0.1, -0.05) is 35.4 Å².